The number of rotatable bonds is 5. The van der Waals surface area contributed by atoms with Crippen molar-refractivity contribution in [1.82, 2.24) is 4.72 Å². The largest absolute Gasteiger partial charge is 0.508 e. The number of phenolic OH excluding ortho intramolecular Hbond substituents is 1. The van der Waals surface area contributed by atoms with Crippen molar-refractivity contribution in [2.45, 2.75) is 11.8 Å². The predicted molar refractivity (Wildman–Crippen MR) is 59.9 cm³/mol. The van der Waals surface area contributed by atoms with Gasteiger partial charge in [0, 0.05) is 0 Å². The van der Waals surface area contributed by atoms with Crippen LogP contribution in [0, 0.1) is 0 Å². The fraction of sp³-hybridized carbons (Fsp3) is 0.300. The Labute approximate surface area is 99.3 Å². The highest BCUT2D eigenvalue weighted by molar-refractivity contribution is 7.89. The Morgan fingerprint density at radius 3 is 2.47 bits per heavy atom. The summed E-state index contributed by atoms with van der Waals surface area (Å²) in [4.78, 5) is 11.0. The number of carbonyl (C=O) groups is 1. The van der Waals surface area contributed by atoms with Gasteiger partial charge in [-0.15, -0.1) is 0 Å². The molecule has 0 aliphatic rings. The summed E-state index contributed by atoms with van der Waals surface area (Å²) in [5, 5.41) is 9.02. The summed E-state index contributed by atoms with van der Waals surface area (Å²) in [7, 11) is -3.75. The predicted octanol–water partition coefficient (Wildman–Crippen LogP) is 0.234. The van der Waals surface area contributed by atoms with Crippen LogP contribution in [0.2, 0.25) is 0 Å². The van der Waals surface area contributed by atoms with E-state index in [2.05, 4.69) is 9.46 Å². The van der Waals surface area contributed by atoms with Gasteiger partial charge in [0.15, 0.2) is 0 Å². The molecule has 0 saturated carbocycles. The molecule has 0 amide bonds. The van der Waals surface area contributed by atoms with Gasteiger partial charge in [-0.25, -0.2) is 8.42 Å². The summed E-state index contributed by atoms with van der Waals surface area (Å²) in [6.07, 6.45) is 0. The van der Waals surface area contributed by atoms with Gasteiger partial charge in [-0.3, -0.25) is 4.79 Å². The third-order valence-corrected chi connectivity index (χ3v) is 3.28. The van der Waals surface area contributed by atoms with Crippen molar-refractivity contribution in [2.75, 3.05) is 13.2 Å². The summed E-state index contributed by atoms with van der Waals surface area (Å²) in [5.74, 6) is -0.677. The van der Waals surface area contributed by atoms with E-state index >= 15 is 0 Å². The molecule has 0 aliphatic heterocycles. The Hall–Kier alpha value is -1.60. The van der Waals surface area contributed by atoms with Crippen LogP contribution in [-0.4, -0.2) is 32.6 Å². The number of hydrogen-bond acceptors (Lipinski definition) is 5. The SMILES string of the molecule is CCOC(=O)CNS(=O)(=O)c1ccc(O)cc1. The van der Waals surface area contributed by atoms with Gasteiger partial charge >= 0.3 is 5.97 Å². The first-order valence-corrected chi connectivity index (χ1v) is 6.38. The second-order valence-electron chi connectivity index (χ2n) is 3.12. The zero-order valence-electron chi connectivity index (χ0n) is 9.21. The molecular weight excluding hydrogens is 246 g/mol. The van der Waals surface area contributed by atoms with Crippen molar-refractivity contribution < 1.29 is 23.1 Å². The van der Waals surface area contributed by atoms with Crippen molar-refractivity contribution in [1.29, 1.82) is 0 Å². The van der Waals surface area contributed by atoms with E-state index in [4.69, 9.17) is 5.11 Å². The number of sulfonamides is 1. The highest BCUT2D eigenvalue weighted by atomic mass is 32.2. The van der Waals surface area contributed by atoms with Crippen LogP contribution in [0.4, 0.5) is 0 Å². The van der Waals surface area contributed by atoms with E-state index < -0.39 is 22.5 Å². The number of hydrogen-bond donors (Lipinski definition) is 2. The first kappa shape index (κ1) is 13.5. The van der Waals surface area contributed by atoms with Crippen molar-refractivity contribution in [2.24, 2.45) is 0 Å². The second kappa shape index (κ2) is 5.65. The van der Waals surface area contributed by atoms with Crippen molar-refractivity contribution in [3.8, 4) is 5.75 Å². The maximum Gasteiger partial charge on any atom is 0.321 e. The lowest BCUT2D eigenvalue weighted by Gasteiger charge is -2.06. The van der Waals surface area contributed by atoms with Gasteiger partial charge in [0.05, 0.1) is 11.5 Å². The van der Waals surface area contributed by atoms with Crippen LogP contribution in [0.3, 0.4) is 0 Å². The third-order valence-electron chi connectivity index (χ3n) is 1.86. The first-order valence-electron chi connectivity index (χ1n) is 4.90. The van der Waals surface area contributed by atoms with Crippen molar-refractivity contribution >= 4 is 16.0 Å². The molecule has 1 aromatic carbocycles. The molecule has 0 spiro atoms. The van der Waals surface area contributed by atoms with Gasteiger partial charge in [-0.1, -0.05) is 0 Å². The highest BCUT2D eigenvalue weighted by Gasteiger charge is 2.15. The fourth-order valence-electron chi connectivity index (χ4n) is 1.07. The van der Waals surface area contributed by atoms with Crippen LogP contribution < -0.4 is 4.72 Å². The van der Waals surface area contributed by atoms with E-state index in [1.165, 1.54) is 24.3 Å². The Morgan fingerprint density at radius 1 is 1.35 bits per heavy atom. The smallest absolute Gasteiger partial charge is 0.321 e. The molecule has 7 heteroatoms. The summed E-state index contributed by atoms with van der Waals surface area (Å²) >= 11 is 0. The van der Waals surface area contributed by atoms with Crippen LogP contribution in [0.25, 0.3) is 0 Å². The van der Waals surface area contributed by atoms with Gasteiger partial charge in [0.25, 0.3) is 0 Å². The molecule has 0 fully saturated rings. The van der Waals surface area contributed by atoms with Gasteiger partial charge in [-0.2, -0.15) is 4.72 Å². The van der Waals surface area contributed by atoms with E-state index in [9.17, 15) is 13.2 Å². The first-order chi connectivity index (χ1) is 7.95. The monoisotopic (exact) mass is 259 g/mol. The summed E-state index contributed by atoms with van der Waals surface area (Å²) in [6.45, 7) is 1.41. The molecule has 17 heavy (non-hydrogen) atoms. The molecule has 0 aliphatic carbocycles. The van der Waals surface area contributed by atoms with Crippen LogP contribution in [-0.2, 0) is 19.6 Å². The van der Waals surface area contributed by atoms with Gasteiger partial charge in [0.2, 0.25) is 10.0 Å². The molecule has 1 rings (SSSR count). The highest BCUT2D eigenvalue weighted by Crippen LogP contribution is 2.13. The zero-order valence-corrected chi connectivity index (χ0v) is 10.0. The van der Waals surface area contributed by atoms with E-state index in [-0.39, 0.29) is 17.3 Å². The molecule has 0 unspecified atom stereocenters. The van der Waals surface area contributed by atoms with E-state index in [0.29, 0.717) is 0 Å². The van der Waals surface area contributed by atoms with E-state index in [1.807, 2.05) is 0 Å². The molecule has 0 bridgehead atoms. The lowest BCUT2D eigenvalue weighted by Crippen LogP contribution is -2.30. The van der Waals surface area contributed by atoms with E-state index in [1.54, 1.807) is 6.92 Å². The molecule has 2 N–H and O–H groups in total. The quantitative estimate of drug-likeness (QED) is 0.739. The third kappa shape index (κ3) is 4.04. The Morgan fingerprint density at radius 2 is 1.94 bits per heavy atom. The average molecular weight is 259 g/mol. The van der Waals surface area contributed by atoms with Gasteiger partial charge < -0.3 is 9.84 Å². The van der Waals surface area contributed by atoms with Crippen LogP contribution in [0.15, 0.2) is 29.2 Å². The van der Waals surface area contributed by atoms with Crippen molar-refractivity contribution in [3.05, 3.63) is 24.3 Å². The van der Waals surface area contributed by atoms with Crippen LogP contribution in [0.1, 0.15) is 6.92 Å². The molecule has 0 atom stereocenters. The van der Waals surface area contributed by atoms with Gasteiger partial charge in [-0.05, 0) is 31.2 Å². The fourth-order valence-corrected chi connectivity index (χ4v) is 2.04. The Bertz CT molecular complexity index is 480. The zero-order chi connectivity index (χ0) is 12.9. The number of esters is 1. The van der Waals surface area contributed by atoms with Gasteiger partial charge in [0.1, 0.15) is 12.3 Å². The minimum absolute atomic E-state index is 0.0281. The van der Waals surface area contributed by atoms with Crippen molar-refractivity contribution in [3.63, 3.8) is 0 Å². The molecule has 0 radical (unpaired) electrons. The standard InChI is InChI=1S/C10H13NO5S/c1-2-16-10(13)7-11-17(14,15)9-5-3-8(12)4-6-9/h3-6,11-12H,2,7H2,1H3. The Balaban J connectivity index is 2.69. The molecule has 0 saturated heterocycles. The number of phenols is 1. The number of ether oxygens (including phenoxy) is 1. The maximum absolute atomic E-state index is 11.7. The summed E-state index contributed by atoms with van der Waals surface area (Å²) in [6, 6.07) is 4.98. The lowest BCUT2D eigenvalue weighted by atomic mass is 10.3. The number of benzene rings is 1. The molecule has 0 heterocycles. The topological polar surface area (TPSA) is 92.7 Å². The molecule has 0 aromatic heterocycles. The minimum Gasteiger partial charge on any atom is -0.508 e. The van der Waals surface area contributed by atoms with Crippen LogP contribution in [0.5, 0.6) is 5.75 Å². The summed E-state index contributed by atoms with van der Waals surface area (Å²) in [5.41, 5.74) is 0. The minimum atomic E-state index is -3.75. The molecule has 6 nitrogen and oxygen atoms in total. The molecular formula is C10H13NO5S. The van der Waals surface area contributed by atoms with E-state index in [0.717, 1.165) is 0 Å². The molecule has 1 aromatic rings. The Kier molecular flexibility index (Phi) is 4.47. The summed E-state index contributed by atoms with van der Waals surface area (Å²) < 4.78 is 30.0. The number of aromatic hydroxyl groups is 1. The number of nitrogens with one attached hydrogen (secondary N) is 1. The van der Waals surface area contributed by atoms with Crippen LogP contribution >= 0.6 is 0 Å². The molecule has 94 valence electrons. The number of carbonyl (C=O) groups excluding carboxylic acids is 1. The normalized spacial score (nSPS) is 11.1. The second-order valence-corrected chi connectivity index (χ2v) is 4.89. The maximum atomic E-state index is 11.7. The lowest BCUT2D eigenvalue weighted by molar-refractivity contribution is -0.141. The average Bonchev–Trinajstić information content (AvgIpc) is 2.28.